The minimum Gasteiger partial charge on any atom is -0.510 e. The molecule has 0 radical (unpaired) electrons. The molecule has 3 aliphatic rings. The van der Waals surface area contributed by atoms with E-state index in [4.69, 9.17) is 19.9 Å². The van der Waals surface area contributed by atoms with Crippen LogP contribution in [0.3, 0.4) is 0 Å². The zero-order chi connectivity index (χ0) is 50.2. The van der Waals surface area contributed by atoms with Gasteiger partial charge in [0.1, 0.15) is 29.4 Å². The number of aromatic hydroxyl groups is 1. The normalized spacial score (nSPS) is 20.1. The van der Waals surface area contributed by atoms with E-state index in [2.05, 4.69) is 12.2 Å². The van der Waals surface area contributed by atoms with Crippen molar-refractivity contribution in [1.82, 2.24) is 9.80 Å². The van der Waals surface area contributed by atoms with Gasteiger partial charge in [0, 0.05) is 36.8 Å². The molecule has 68 heavy (non-hydrogen) atoms. The van der Waals surface area contributed by atoms with Crippen molar-refractivity contribution in [2.24, 2.45) is 17.6 Å². The number of aliphatic hydroxyl groups is 3. The maximum absolute atomic E-state index is 14.5. The third-order valence-corrected chi connectivity index (χ3v) is 13.0. The Hall–Kier alpha value is -6.14. The number of esters is 1. The first-order valence-electron chi connectivity index (χ1n) is 23.4. The zero-order valence-electron chi connectivity index (χ0n) is 40.6. The lowest BCUT2D eigenvalue weighted by molar-refractivity contribution is -0.148. The lowest BCUT2D eigenvalue weighted by Gasteiger charge is -2.50. The first-order valence-corrected chi connectivity index (χ1v) is 23.4. The number of primary amides is 1. The molecule has 0 bridgehead atoms. The summed E-state index contributed by atoms with van der Waals surface area (Å²) in [7, 11) is 6.44. The Morgan fingerprint density at radius 3 is 2.04 bits per heavy atom. The van der Waals surface area contributed by atoms with E-state index in [0.717, 1.165) is 17.7 Å². The number of Topliss-reactive ketones (excluding diaryl/α,β-unsaturated/α-hetero) is 2. The van der Waals surface area contributed by atoms with Crippen molar-refractivity contribution in [2.45, 2.75) is 122 Å². The molecule has 0 unspecified atom stereocenters. The van der Waals surface area contributed by atoms with Crippen molar-refractivity contribution < 1.29 is 63.4 Å². The minimum absolute atomic E-state index is 0.0251. The number of nitrogens with two attached hydrogens (primary N) is 1. The number of aliphatic hydroxyl groups excluding tert-OH is 2. The molecule has 3 amide bonds. The number of ether oxygens (including phenoxy) is 3. The van der Waals surface area contributed by atoms with Gasteiger partial charge in [-0.3, -0.25) is 29.0 Å². The highest BCUT2D eigenvalue weighted by atomic mass is 16.7. The predicted octanol–water partition coefficient (Wildman–Crippen LogP) is 6.48. The Labute approximate surface area is 398 Å². The van der Waals surface area contributed by atoms with Crippen LogP contribution in [-0.2, 0) is 30.3 Å². The average molecular weight is 948 g/mol. The van der Waals surface area contributed by atoms with Gasteiger partial charge in [0.15, 0.2) is 17.1 Å². The highest BCUT2D eigenvalue weighted by Crippen LogP contribution is 2.54. The second kappa shape index (κ2) is 22.3. The molecule has 2 aromatic rings. The second-order valence-corrected chi connectivity index (χ2v) is 19.3. The number of allylic oxidation sites excluding steroid dienone is 1. The number of likely N-dealkylation sites (N-methyl/N-ethyl adjacent to an activating group) is 1. The molecule has 3 aliphatic carbocycles. The van der Waals surface area contributed by atoms with E-state index in [9.17, 15) is 49.2 Å². The third-order valence-electron chi connectivity index (χ3n) is 13.0. The van der Waals surface area contributed by atoms with Crippen LogP contribution in [0, 0.1) is 11.8 Å². The number of phenols is 1. The van der Waals surface area contributed by atoms with E-state index in [0.29, 0.717) is 23.6 Å². The second-order valence-electron chi connectivity index (χ2n) is 19.3. The van der Waals surface area contributed by atoms with Gasteiger partial charge in [-0.1, -0.05) is 64.7 Å². The molecule has 0 aliphatic heterocycles. The summed E-state index contributed by atoms with van der Waals surface area (Å²) >= 11 is 0. The van der Waals surface area contributed by atoms with Crippen molar-refractivity contribution in [2.75, 3.05) is 58.4 Å². The monoisotopic (exact) mass is 947 g/mol. The lowest BCUT2D eigenvalue weighted by atomic mass is 9.58. The van der Waals surface area contributed by atoms with E-state index in [1.807, 2.05) is 0 Å². The fourth-order valence-corrected chi connectivity index (χ4v) is 9.46. The number of hydrogen-bond donors (Lipinski definition) is 6. The molecule has 7 N–H and O–H groups in total. The molecule has 2 aromatic carbocycles. The molecule has 0 aromatic heterocycles. The third kappa shape index (κ3) is 11.4. The Kier molecular flexibility index (Phi) is 17.3. The summed E-state index contributed by atoms with van der Waals surface area (Å²) in [5, 5.41) is 49.0. The summed E-state index contributed by atoms with van der Waals surface area (Å²) in [5.74, 6) is -8.98. The Bertz CT molecular complexity index is 2300. The summed E-state index contributed by atoms with van der Waals surface area (Å²) in [6.45, 7) is 6.36. The van der Waals surface area contributed by atoms with Crippen LogP contribution in [0.1, 0.15) is 125 Å². The van der Waals surface area contributed by atoms with Crippen LogP contribution in [0.5, 0.6) is 11.5 Å². The molecule has 372 valence electrons. The van der Waals surface area contributed by atoms with Crippen LogP contribution >= 0.6 is 0 Å². The van der Waals surface area contributed by atoms with Crippen LogP contribution in [0.15, 0.2) is 53.0 Å². The number of nitrogens with zero attached hydrogens (tertiary/aromatic N) is 3. The number of benzene rings is 2. The largest absolute Gasteiger partial charge is 0.510 e. The predicted molar refractivity (Wildman–Crippen MR) is 254 cm³/mol. The number of carbonyl (C=O) groups is 6. The number of rotatable bonds is 21. The zero-order valence-corrected chi connectivity index (χ0v) is 40.6. The number of carbonyl (C=O) groups excluding carboxylic acids is 6. The fraction of sp³-hybridized carbons (Fsp3) is 0.560. The average Bonchev–Trinajstić information content (AvgIpc) is 3.26. The topological polar surface area (TPSA) is 259 Å². The summed E-state index contributed by atoms with van der Waals surface area (Å²) < 4.78 is 16.3. The highest BCUT2D eigenvalue weighted by Gasteiger charge is 2.63. The number of anilines is 2. The minimum atomic E-state index is -2.83. The molecule has 18 heteroatoms. The summed E-state index contributed by atoms with van der Waals surface area (Å²) in [5.41, 5.74) is 0.749. The van der Waals surface area contributed by atoms with Gasteiger partial charge in [-0.15, -0.1) is 0 Å². The van der Waals surface area contributed by atoms with Gasteiger partial charge < -0.3 is 50.6 Å². The van der Waals surface area contributed by atoms with E-state index in [-0.39, 0.29) is 35.2 Å². The molecule has 0 saturated heterocycles. The van der Waals surface area contributed by atoms with Crippen molar-refractivity contribution >= 4 is 46.8 Å². The maximum Gasteiger partial charge on any atom is 0.413 e. The van der Waals surface area contributed by atoms with Crippen LogP contribution in [0.4, 0.5) is 16.2 Å². The van der Waals surface area contributed by atoms with Crippen molar-refractivity contribution in [3.05, 3.63) is 69.7 Å². The van der Waals surface area contributed by atoms with Crippen molar-refractivity contribution in [3.8, 4) is 11.5 Å². The molecule has 5 rings (SSSR count). The van der Waals surface area contributed by atoms with Gasteiger partial charge in [-0.05, 0) is 95.9 Å². The van der Waals surface area contributed by atoms with Gasteiger partial charge in [0.05, 0.1) is 29.5 Å². The molecule has 0 spiro atoms. The molecule has 4 atom stereocenters. The van der Waals surface area contributed by atoms with E-state index in [1.54, 1.807) is 78.1 Å². The number of ketones is 2. The fourth-order valence-electron chi connectivity index (χ4n) is 9.46. The van der Waals surface area contributed by atoms with Crippen LogP contribution in [-0.4, -0.2) is 131 Å². The number of nitrogens with one attached hydrogen (secondary N) is 1. The van der Waals surface area contributed by atoms with Crippen LogP contribution in [0.2, 0.25) is 0 Å². The molecule has 0 fully saturated rings. The quantitative estimate of drug-likeness (QED) is 0.0257. The lowest BCUT2D eigenvalue weighted by Crippen LogP contribution is -2.63. The van der Waals surface area contributed by atoms with Crippen molar-refractivity contribution in [1.29, 1.82) is 0 Å². The number of hydrogen-bond acceptors (Lipinski definition) is 15. The van der Waals surface area contributed by atoms with Crippen molar-refractivity contribution in [3.63, 3.8) is 0 Å². The van der Waals surface area contributed by atoms with E-state index in [1.165, 1.54) is 62.3 Å². The van der Waals surface area contributed by atoms with Gasteiger partial charge in [-0.25, -0.2) is 9.59 Å². The number of amides is 3. The van der Waals surface area contributed by atoms with E-state index < -0.39 is 101 Å². The summed E-state index contributed by atoms with van der Waals surface area (Å²) in [6.07, 6.45) is 11.1. The van der Waals surface area contributed by atoms with Gasteiger partial charge in [0.25, 0.3) is 5.91 Å². The number of phenolic OH excluding ortho intramolecular Hbond substituents is 1. The van der Waals surface area contributed by atoms with Crippen LogP contribution < -0.4 is 20.7 Å². The standard InChI is InChI=1S/C50H69N5O13/c1-9-10-11-12-13-14-15-16-17-18-23-66-31-21-19-29(20-22-31)47(63)67-28-68-48(64)55(49(2,3)4)27-36(56)52-34-26-35(53(5)6)32-24-30-25-33-40(54(7)8)43(59)39(46(51)62)45(61)50(33,65)44(60)37(30)42(58)38(32)41(34)57/h19-22,26,30,33,40,57,59-60,65H,9-18,23-25,27-28H2,1-8H3,(H2,51,62)(H,52,56)/t30-,33-,40-,50-/m0/s1. The number of unbranched alkanes of at least 4 members (excludes halogenated alkanes) is 9. The first kappa shape index (κ1) is 52.8. The van der Waals surface area contributed by atoms with Crippen LogP contribution in [0.25, 0.3) is 0 Å². The Morgan fingerprint density at radius 2 is 1.49 bits per heavy atom. The molecular formula is C50H69N5O13. The SMILES string of the molecule is CCCCCCCCCCCCOc1ccc(C(=O)OCOC(=O)N(CC(=O)Nc2cc(N(C)C)c3c(c2O)C(=O)C2=C(O)[C@]4(O)C(=O)C(C(N)=O)=C(O)[C@@H](N(C)C)[C@@H]4C[C@@H]2C3)C(C)(C)C)cc1. The Balaban J connectivity index is 1.22. The molecule has 0 saturated carbocycles. The smallest absolute Gasteiger partial charge is 0.413 e. The van der Waals surface area contributed by atoms with Gasteiger partial charge >= 0.3 is 12.1 Å². The number of fused-ring (bicyclic) bond motifs is 3. The van der Waals surface area contributed by atoms with E-state index >= 15 is 0 Å². The molecular weight excluding hydrogens is 879 g/mol. The maximum atomic E-state index is 14.5. The van der Waals surface area contributed by atoms with Gasteiger partial charge in [-0.2, -0.15) is 0 Å². The highest BCUT2D eigenvalue weighted by molar-refractivity contribution is 6.25. The summed E-state index contributed by atoms with van der Waals surface area (Å²) in [4.78, 5) is 84.6. The molecule has 0 heterocycles. The first-order chi connectivity index (χ1) is 32.1. The Morgan fingerprint density at radius 1 is 0.882 bits per heavy atom. The summed E-state index contributed by atoms with van der Waals surface area (Å²) in [6, 6.07) is 6.72. The molecule has 18 nitrogen and oxygen atoms in total. The van der Waals surface area contributed by atoms with Gasteiger partial charge in [0.2, 0.25) is 18.5 Å².